The first-order chi connectivity index (χ1) is 7.31. The molecular formula is C12H17ClN2. The molecule has 0 bridgehead atoms. The van der Waals surface area contributed by atoms with E-state index >= 15 is 0 Å². The molecule has 2 nitrogen and oxygen atoms in total. The quantitative estimate of drug-likeness (QED) is 0.831. The molecule has 0 radical (unpaired) electrons. The lowest BCUT2D eigenvalue weighted by Gasteiger charge is -2.37. The van der Waals surface area contributed by atoms with Crippen LogP contribution < -0.4 is 10.2 Å². The van der Waals surface area contributed by atoms with E-state index in [9.17, 15) is 0 Å². The number of benzene rings is 1. The van der Waals surface area contributed by atoms with Gasteiger partial charge in [-0.3, -0.25) is 0 Å². The molecule has 3 heteroatoms. The number of rotatable bonds is 2. The zero-order valence-electron chi connectivity index (χ0n) is 9.04. The van der Waals surface area contributed by atoms with E-state index in [1.165, 1.54) is 12.1 Å². The minimum Gasteiger partial charge on any atom is -0.366 e. The summed E-state index contributed by atoms with van der Waals surface area (Å²) in [5.41, 5.74) is 1.25. The smallest absolute Gasteiger partial charge is 0.0426 e. The van der Waals surface area contributed by atoms with Crippen molar-refractivity contribution < 1.29 is 0 Å². The van der Waals surface area contributed by atoms with Gasteiger partial charge in [0.2, 0.25) is 0 Å². The van der Waals surface area contributed by atoms with Gasteiger partial charge in [-0.05, 0) is 24.6 Å². The number of piperazine rings is 1. The summed E-state index contributed by atoms with van der Waals surface area (Å²) in [5.74, 6) is 0. The fourth-order valence-electron chi connectivity index (χ4n) is 2.12. The summed E-state index contributed by atoms with van der Waals surface area (Å²) in [6, 6.07) is 8.73. The monoisotopic (exact) mass is 224 g/mol. The Morgan fingerprint density at radius 1 is 1.53 bits per heavy atom. The average molecular weight is 225 g/mol. The van der Waals surface area contributed by atoms with Crippen LogP contribution in [0.3, 0.4) is 0 Å². The Morgan fingerprint density at radius 2 is 2.40 bits per heavy atom. The van der Waals surface area contributed by atoms with Gasteiger partial charge in [0.25, 0.3) is 0 Å². The number of hydrogen-bond acceptors (Lipinski definition) is 2. The molecule has 1 aliphatic heterocycles. The Morgan fingerprint density at radius 3 is 3.13 bits per heavy atom. The summed E-state index contributed by atoms with van der Waals surface area (Å²) in [6.07, 6.45) is 1.17. The van der Waals surface area contributed by atoms with E-state index in [2.05, 4.69) is 29.3 Å². The van der Waals surface area contributed by atoms with Gasteiger partial charge < -0.3 is 10.2 Å². The third-order valence-electron chi connectivity index (χ3n) is 2.96. The molecule has 0 aliphatic carbocycles. The van der Waals surface area contributed by atoms with E-state index in [-0.39, 0.29) is 0 Å². The Kier molecular flexibility index (Phi) is 3.49. The molecule has 0 spiro atoms. The van der Waals surface area contributed by atoms with Crippen molar-refractivity contribution in [2.45, 2.75) is 19.4 Å². The number of nitrogens with one attached hydrogen (secondary N) is 1. The number of anilines is 1. The van der Waals surface area contributed by atoms with Crippen LogP contribution in [0.15, 0.2) is 24.3 Å². The summed E-state index contributed by atoms with van der Waals surface area (Å²) in [7, 11) is 0. The Bertz CT molecular complexity index is 327. The van der Waals surface area contributed by atoms with E-state index in [0.29, 0.717) is 6.04 Å². The minimum atomic E-state index is 0.595. The molecule has 1 aromatic carbocycles. The molecule has 15 heavy (non-hydrogen) atoms. The van der Waals surface area contributed by atoms with Crippen LogP contribution in [0.5, 0.6) is 0 Å². The van der Waals surface area contributed by atoms with Crippen LogP contribution in [-0.2, 0) is 0 Å². The second kappa shape index (κ2) is 4.86. The zero-order chi connectivity index (χ0) is 10.7. The van der Waals surface area contributed by atoms with E-state index in [1.54, 1.807) is 0 Å². The van der Waals surface area contributed by atoms with Crippen molar-refractivity contribution in [3.05, 3.63) is 29.3 Å². The lowest BCUT2D eigenvalue weighted by molar-refractivity contribution is 0.466. The van der Waals surface area contributed by atoms with Crippen LogP contribution in [0.1, 0.15) is 13.3 Å². The number of halogens is 1. The van der Waals surface area contributed by atoms with Crippen molar-refractivity contribution in [2.75, 3.05) is 24.5 Å². The normalized spacial score (nSPS) is 21.7. The van der Waals surface area contributed by atoms with Crippen molar-refractivity contribution in [1.29, 1.82) is 0 Å². The van der Waals surface area contributed by atoms with Gasteiger partial charge in [-0.25, -0.2) is 0 Å². The first-order valence-corrected chi connectivity index (χ1v) is 5.92. The molecule has 1 unspecified atom stereocenters. The van der Waals surface area contributed by atoms with Crippen LogP contribution >= 0.6 is 11.6 Å². The Balaban J connectivity index is 2.20. The summed E-state index contributed by atoms with van der Waals surface area (Å²) >= 11 is 6.01. The Hall–Kier alpha value is -0.730. The predicted molar refractivity (Wildman–Crippen MR) is 65.7 cm³/mol. The molecule has 1 saturated heterocycles. The molecule has 1 aliphatic rings. The van der Waals surface area contributed by atoms with E-state index in [0.717, 1.165) is 24.7 Å². The maximum atomic E-state index is 6.01. The van der Waals surface area contributed by atoms with Gasteiger partial charge in [-0.15, -0.1) is 0 Å². The third-order valence-corrected chi connectivity index (χ3v) is 3.20. The highest BCUT2D eigenvalue weighted by atomic mass is 35.5. The number of hydrogen-bond donors (Lipinski definition) is 1. The minimum absolute atomic E-state index is 0.595. The van der Waals surface area contributed by atoms with Gasteiger partial charge in [0.15, 0.2) is 0 Å². The molecule has 1 N–H and O–H groups in total. The molecule has 1 atom stereocenters. The molecule has 1 fully saturated rings. The summed E-state index contributed by atoms with van der Waals surface area (Å²) in [4.78, 5) is 2.45. The van der Waals surface area contributed by atoms with E-state index in [4.69, 9.17) is 11.6 Å². The first-order valence-electron chi connectivity index (χ1n) is 5.54. The maximum absolute atomic E-state index is 6.01. The second-order valence-corrected chi connectivity index (χ2v) is 4.38. The van der Waals surface area contributed by atoms with Crippen LogP contribution in [-0.4, -0.2) is 25.7 Å². The molecule has 1 heterocycles. The first kappa shape index (κ1) is 10.8. The maximum Gasteiger partial charge on any atom is 0.0426 e. The zero-order valence-corrected chi connectivity index (χ0v) is 9.80. The largest absolute Gasteiger partial charge is 0.366 e. The lowest BCUT2D eigenvalue weighted by Crippen LogP contribution is -2.51. The molecule has 82 valence electrons. The van der Waals surface area contributed by atoms with Gasteiger partial charge >= 0.3 is 0 Å². The lowest BCUT2D eigenvalue weighted by atomic mass is 10.1. The highest BCUT2D eigenvalue weighted by Crippen LogP contribution is 2.23. The molecule has 0 saturated carbocycles. The molecular weight excluding hydrogens is 208 g/mol. The van der Waals surface area contributed by atoms with Crippen LogP contribution in [0.4, 0.5) is 5.69 Å². The van der Waals surface area contributed by atoms with E-state index in [1.807, 2.05) is 12.1 Å². The van der Waals surface area contributed by atoms with Gasteiger partial charge in [-0.2, -0.15) is 0 Å². The average Bonchev–Trinajstić information content (AvgIpc) is 2.29. The molecule has 0 amide bonds. The standard InChI is InChI=1S/C12H17ClN2/c1-2-11-9-14-6-7-15(11)12-5-3-4-10(13)8-12/h3-5,8,11,14H,2,6-7,9H2,1H3. The van der Waals surface area contributed by atoms with Gasteiger partial charge in [-0.1, -0.05) is 24.6 Å². The van der Waals surface area contributed by atoms with Gasteiger partial charge in [0.1, 0.15) is 0 Å². The summed E-state index contributed by atoms with van der Waals surface area (Å²) in [5, 5.41) is 4.25. The molecule has 1 aromatic rings. The fraction of sp³-hybridized carbons (Fsp3) is 0.500. The van der Waals surface area contributed by atoms with Crippen LogP contribution in [0.2, 0.25) is 5.02 Å². The van der Waals surface area contributed by atoms with Gasteiger partial charge in [0, 0.05) is 36.4 Å². The number of nitrogens with zero attached hydrogens (tertiary/aromatic N) is 1. The van der Waals surface area contributed by atoms with Crippen molar-refractivity contribution in [3.8, 4) is 0 Å². The Labute approximate surface area is 96.2 Å². The van der Waals surface area contributed by atoms with Crippen LogP contribution in [0.25, 0.3) is 0 Å². The molecule has 0 aromatic heterocycles. The van der Waals surface area contributed by atoms with Crippen molar-refractivity contribution in [2.24, 2.45) is 0 Å². The second-order valence-electron chi connectivity index (χ2n) is 3.94. The highest BCUT2D eigenvalue weighted by molar-refractivity contribution is 6.30. The molecule has 2 rings (SSSR count). The topological polar surface area (TPSA) is 15.3 Å². The van der Waals surface area contributed by atoms with Gasteiger partial charge in [0.05, 0.1) is 0 Å². The van der Waals surface area contributed by atoms with Crippen molar-refractivity contribution >= 4 is 17.3 Å². The van der Waals surface area contributed by atoms with Crippen molar-refractivity contribution in [3.63, 3.8) is 0 Å². The van der Waals surface area contributed by atoms with Crippen LogP contribution in [0, 0.1) is 0 Å². The SMILES string of the molecule is CCC1CNCCN1c1cccc(Cl)c1. The van der Waals surface area contributed by atoms with E-state index < -0.39 is 0 Å². The third kappa shape index (κ3) is 2.44. The predicted octanol–water partition coefficient (Wildman–Crippen LogP) is 2.53. The fourth-order valence-corrected chi connectivity index (χ4v) is 2.30. The summed E-state index contributed by atoms with van der Waals surface area (Å²) in [6.45, 7) is 5.43. The summed E-state index contributed by atoms with van der Waals surface area (Å²) < 4.78 is 0. The highest BCUT2D eigenvalue weighted by Gasteiger charge is 2.20. The van der Waals surface area contributed by atoms with Crippen molar-refractivity contribution in [1.82, 2.24) is 5.32 Å².